The molecule has 0 saturated heterocycles. The van der Waals surface area contributed by atoms with Gasteiger partial charge in [-0.3, -0.25) is 14.6 Å². The Morgan fingerprint density at radius 1 is 1.19 bits per heavy atom. The number of benzene rings is 1. The third kappa shape index (κ3) is 5.07. The average Bonchev–Trinajstić information content (AvgIpc) is 3.04. The van der Waals surface area contributed by atoms with E-state index in [1.807, 2.05) is 0 Å². The van der Waals surface area contributed by atoms with E-state index in [9.17, 15) is 14.7 Å². The second-order valence-corrected chi connectivity index (χ2v) is 7.87. The largest absolute Gasteiger partial charge is 0.508 e. The SMILES string of the molecule is CC1(NC(=O)c2cc(CC(=O)Cc3cc(Cl)ccc3O)ccn2)CCCC1. The van der Waals surface area contributed by atoms with Gasteiger partial charge in [-0.05, 0) is 55.7 Å². The number of ketones is 1. The summed E-state index contributed by atoms with van der Waals surface area (Å²) in [5, 5.41) is 13.4. The maximum absolute atomic E-state index is 12.5. The third-order valence-corrected chi connectivity index (χ3v) is 5.24. The Hall–Kier alpha value is -2.40. The van der Waals surface area contributed by atoms with E-state index < -0.39 is 0 Å². The summed E-state index contributed by atoms with van der Waals surface area (Å²) in [6, 6.07) is 8.02. The Bertz CT molecular complexity index is 860. The number of nitrogens with zero attached hydrogens (tertiary/aromatic N) is 1. The first kappa shape index (κ1) is 19.4. The van der Waals surface area contributed by atoms with E-state index in [2.05, 4.69) is 17.2 Å². The highest BCUT2D eigenvalue weighted by Crippen LogP contribution is 2.29. The summed E-state index contributed by atoms with van der Waals surface area (Å²) < 4.78 is 0. The molecule has 1 aromatic carbocycles. The van der Waals surface area contributed by atoms with Gasteiger partial charge in [0, 0.05) is 35.2 Å². The van der Waals surface area contributed by atoms with Crippen LogP contribution in [0, 0.1) is 0 Å². The van der Waals surface area contributed by atoms with Crippen molar-refractivity contribution in [1.82, 2.24) is 10.3 Å². The van der Waals surface area contributed by atoms with Gasteiger partial charge in [0.25, 0.3) is 5.91 Å². The first-order valence-electron chi connectivity index (χ1n) is 9.11. The monoisotopic (exact) mass is 386 g/mol. The standard InChI is InChI=1S/C21H23ClN2O3/c1-21(7-2-3-8-21)24-20(27)18-11-14(6-9-23-18)10-17(25)13-15-12-16(22)4-5-19(15)26/h4-6,9,11-12,26H,2-3,7-8,10,13H2,1H3,(H,24,27). The van der Waals surface area contributed by atoms with Gasteiger partial charge in [0.2, 0.25) is 0 Å². The van der Waals surface area contributed by atoms with Crippen LogP contribution in [0.3, 0.4) is 0 Å². The zero-order valence-electron chi connectivity index (χ0n) is 15.3. The predicted octanol–water partition coefficient (Wildman–Crippen LogP) is 3.86. The van der Waals surface area contributed by atoms with Crippen molar-refractivity contribution < 1.29 is 14.7 Å². The molecular formula is C21H23ClN2O3. The van der Waals surface area contributed by atoms with Crippen molar-refractivity contribution in [3.8, 4) is 5.75 Å². The summed E-state index contributed by atoms with van der Waals surface area (Å²) in [6.07, 6.45) is 5.97. The number of carbonyl (C=O) groups is 2. The Kier molecular flexibility index (Phi) is 5.80. The number of aromatic nitrogens is 1. The molecule has 2 N–H and O–H groups in total. The molecule has 3 rings (SSSR count). The Morgan fingerprint density at radius 2 is 1.93 bits per heavy atom. The number of halogens is 1. The number of phenols is 1. The molecule has 0 radical (unpaired) electrons. The van der Waals surface area contributed by atoms with E-state index in [-0.39, 0.29) is 35.8 Å². The topological polar surface area (TPSA) is 79.3 Å². The summed E-state index contributed by atoms with van der Waals surface area (Å²) in [6.45, 7) is 2.06. The molecule has 1 amide bonds. The van der Waals surface area contributed by atoms with E-state index in [1.165, 1.54) is 6.07 Å². The molecule has 0 unspecified atom stereocenters. The summed E-state index contributed by atoms with van der Waals surface area (Å²) in [5.41, 5.74) is 1.36. The molecule has 1 saturated carbocycles. The number of hydrogen-bond donors (Lipinski definition) is 2. The molecule has 0 atom stereocenters. The quantitative estimate of drug-likeness (QED) is 0.790. The van der Waals surface area contributed by atoms with E-state index in [1.54, 1.807) is 30.5 Å². The molecule has 1 aliphatic carbocycles. The van der Waals surface area contributed by atoms with Crippen LogP contribution in [-0.4, -0.2) is 27.3 Å². The van der Waals surface area contributed by atoms with Gasteiger partial charge in [-0.1, -0.05) is 24.4 Å². The average molecular weight is 387 g/mol. The summed E-state index contributed by atoms with van der Waals surface area (Å²) in [5.74, 6) is -0.235. The highest BCUT2D eigenvalue weighted by atomic mass is 35.5. The normalized spacial score (nSPS) is 15.5. The van der Waals surface area contributed by atoms with E-state index in [0.29, 0.717) is 16.3 Å². The molecule has 1 fully saturated rings. The molecule has 6 heteroatoms. The predicted molar refractivity (Wildman–Crippen MR) is 104 cm³/mol. The van der Waals surface area contributed by atoms with Crippen molar-refractivity contribution >= 4 is 23.3 Å². The lowest BCUT2D eigenvalue weighted by molar-refractivity contribution is -0.117. The Morgan fingerprint density at radius 3 is 2.67 bits per heavy atom. The zero-order chi connectivity index (χ0) is 19.4. The number of rotatable bonds is 6. The van der Waals surface area contributed by atoms with Crippen molar-refractivity contribution in [1.29, 1.82) is 0 Å². The molecule has 142 valence electrons. The fraction of sp³-hybridized carbons (Fsp3) is 0.381. The second kappa shape index (κ2) is 8.09. The lowest BCUT2D eigenvalue weighted by Crippen LogP contribution is -2.43. The number of Topliss-reactive ketones (excluding diaryl/α,β-unsaturated/α-hetero) is 1. The maximum Gasteiger partial charge on any atom is 0.270 e. The molecule has 27 heavy (non-hydrogen) atoms. The lowest BCUT2D eigenvalue weighted by atomic mass is 10.00. The number of pyridine rings is 1. The summed E-state index contributed by atoms with van der Waals surface area (Å²) in [7, 11) is 0. The molecule has 0 bridgehead atoms. The minimum Gasteiger partial charge on any atom is -0.508 e. The third-order valence-electron chi connectivity index (χ3n) is 5.01. The van der Waals surface area contributed by atoms with Crippen LogP contribution in [0.4, 0.5) is 0 Å². The van der Waals surface area contributed by atoms with E-state index in [0.717, 1.165) is 31.2 Å². The van der Waals surface area contributed by atoms with Crippen LogP contribution in [0.1, 0.15) is 54.2 Å². The number of aromatic hydroxyl groups is 1. The molecule has 0 spiro atoms. The van der Waals surface area contributed by atoms with Crippen molar-refractivity contribution in [2.75, 3.05) is 0 Å². The van der Waals surface area contributed by atoms with Gasteiger partial charge < -0.3 is 10.4 Å². The second-order valence-electron chi connectivity index (χ2n) is 7.44. The van der Waals surface area contributed by atoms with Gasteiger partial charge >= 0.3 is 0 Å². The molecule has 0 aliphatic heterocycles. The Balaban J connectivity index is 1.65. The molecule has 1 aliphatic rings. The minimum absolute atomic E-state index is 0.0485. The summed E-state index contributed by atoms with van der Waals surface area (Å²) in [4.78, 5) is 29.0. The number of nitrogens with one attached hydrogen (secondary N) is 1. The van der Waals surface area contributed by atoms with Gasteiger partial charge in [-0.15, -0.1) is 0 Å². The number of phenolic OH excluding ortho intramolecular Hbond substituents is 1. The Labute approximate surface area is 163 Å². The lowest BCUT2D eigenvalue weighted by Gasteiger charge is -2.25. The van der Waals surface area contributed by atoms with Crippen LogP contribution in [0.2, 0.25) is 5.02 Å². The van der Waals surface area contributed by atoms with Crippen LogP contribution in [-0.2, 0) is 17.6 Å². The zero-order valence-corrected chi connectivity index (χ0v) is 16.1. The van der Waals surface area contributed by atoms with Crippen molar-refractivity contribution in [2.45, 2.75) is 51.0 Å². The number of carbonyl (C=O) groups excluding carboxylic acids is 2. The van der Waals surface area contributed by atoms with Crippen molar-refractivity contribution in [3.05, 3.63) is 58.4 Å². The van der Waals surface area contributed by atoms with Crippen LogP contribution in [0.5, 0.6) is 5.75 Å². The maximum atomic E-state index is 12.5. The highest BCUT2D eigenvalue weighted by Gasteiger charge is 2.30. The highest BCUT2D eigenvalue weighted by molar-refractivity contribution is 6.30. The van der Waals surface area contributed by atoms with Crippen LogP contribution in [0.25, 0.3) is 0 Å². The summed E-state index contributed by atoms with van der Waals surface area (Å²) >= 11 is 5.92. The van der Waals surface area contributed by atoms with E-state index >= 15 is 0 Å². The smallest absolute Gasteiger partial charge is 0.270 e. The van der Waals surface area contributed by atoms with E-state index in [4.69, 9.17) is 11.6 Å². The van der Waals surface area contributed by atoms with Crippen LogP contribution < -0.4 is 5.32 Å². The van der Waals surface area contributed by atoms with Crippen molar-refractivity contribution in [2.24, 2.45) is 0 Å². The van der Waals surface area contributed by atoms with Crippen LogP contribution >= 0.6 is 11.6 Å². The van der Waals surface area contributed by atoms with Gasteiger partial charge in [-0.25, -0.2) is 0 Å². The molecule has 5 nitrogen and oxygen atoms in total. The fourth-order valence-corrected chi connectivity index (χ4v) is 3.72. The molecule has 2 aromatic rings. The first-order valence-corrected chi connectivity index (χ1v) is 9.49. The number of amides is 1. The fourth-order valence-electron chi connectivity index (χ4n) is 3.53. The number of hydrogen-bond acceptors (Lipinski definition) is 4. The molecule has 1 aromatic heterocycles. The van der Waals surface area contributed by atoms with Crippen LogP contribution in [0.15, 0.2) is 36.5 Å². The minimum atomic E-state index is -0.207. The van der Waals surface area contributed by atoms with Gasteiger partial charge in [0.15, 0.2) is 0 Å². The van der Waals surface area contributed by atoms with Gasteiger partial charge in [0.1, 0.15) is 17.2 Å². The van der Waals surface area contributed by atoms with Crippen molar-refractivity contribution in [3.63, 3.8) is 0 Å². The van der Waals surface area contributed by atoms with Gasteiger partial charge in [-0.2, -0.15) is 0 Å². The molecule has 1 heterocycles. The first-order chi connectivity index (χ1) is 12.8. The molecular weight excluding hydrogens is 364 g/mol. The van der Waals surface area contributed by atoms with Gasteiger partial charge in [0.05, 0.1) is 0 Å².